The molecule has 0 saturated heterocycles. The van der Waals surface area contributed by atoms with Crippen LogP contribution >= 0.6 is 0 Å². The molecule has 5 heterocycles. The summed E-state index contributed by atoms with van der Waals surface area (Å²) in [5, 5.41) is 26.3. The summed E-state index contributed by atoms with van der Waals surface area (Å²) in [7, 11) is 0. The van der Waals surface area contributed by atoms with Crippen LogP contribution in [0, 0.1) is 10.1 Å². The summed E-state index contributed by atoms with van der Waals surface area (Å²) in [6, 6.07) is 14.1. The third kappa shape index (κ3) is 3.62. The maximum Gasteiger partial charge on any atom is 0.363 e. The number of esters is 1. The zero-order chi connectivity index (χ0) is 26.6. The Morgan fingerprint density at radius 3 is 2.79 bits per heavy atom. The number of benzene rings is 1. The van der Waals surface area contributed by atoms with Gasteiger partial charge in [0.2, 0.25) is 0 Å². The normalized spacial score (nSPS) is 17.5. The molecule has 0 amide bonds. The minimum absolute atomic E-state index is 0.0766. The number of hydrogen-bond acceptors (Lipinski definition) is 9. The van der Waals surface area contributed by atoms with Crippen molar-refractivity contribution >= 4 is 28.4 Å². The number of para-hydroxylation sites is 1. The fourth-order valence-corrected chi connectivity index (χ4v) is 5.18. The first-order valence-corrected chi connectivity index (χ1v) is 12.2. The first-order valence-electron chi connectivity index (χ1n) is 12.2. The molecule has 38 heavy (non-hydrogen) atoms. The number of anilines is 1. The number of carbonyl (C=O) groups excluding carboxylic acids is 1. The molecule has 0 fully saturated rings. The van der Waals surface area contributed by atoms with Crippen molar-refractivity contribution in [1.82, 2.24) is 14.5 Å². The van der Waals surface area contributed by atoms with Crippen LogP contribution in [-0.4, -0.2) is 37.1 Å². The van der Waals surface area contributed by atoms with Gasteiger partial charge >= 0.3 is 11.8 Å². The van der Waals surface area contributed by atoms with Crippen molar-refractivity contribution < 1.29 is 19.6 Å². The van der Waals surface area contributed by atoms with Crippen LogP contribution < -0.4 is 10.9 Å². The molecule has 0 spiro atoms. The third-order valence-corrected chi connectivity index (χ3v) is 7.21. The van der Waals surface area contributed by atoms with E-state index in [0.717, 1.165) is 16.6 Å². The molecule has 11 nitrogen and oxygen atoms in total. The van der Waals surface area contributed by atoms with Crippen LogP contribution in [0.3, 0.4) is 0 Å². The van der Waals surface area contributed by atoms with Crippen LogP contribution in [0.5, 0.6) is 0 Å². The van der Waals surface area contributed by atoms with Crippen molar-refractivity contribution in [2.45, 2.75) is 38.5 Å². The number of aromatic nitrogens is 3. The minimum atomic E-state index is -1.88. The molecule has 1 aromatic carbocycles. The van der Waals surface area contributed by atoms with E-state index in [-0.39, 0.29) is 35.5 Å². The average Bonchev–Trinajstić information content (AvgIpc) is 3.28. The van der Waals surface area contributed by atoms with Crippen molar-refractivity contribution in [2.24, 2.45) is 0 Å². The van der Waals surface area contributed by atoms with Crippen molar-refractivity contribution in [3.63, 3.8) is 0 Å². The van der Waals surface area contributed by atoms with Crippen LogP contribution in [0.1, 0.15) is 35.7 Å². The van der Waals surface area contributed by atoms with E-state index >= 15 is 0 Å². The molecule has 0 unspecified atom stereocenters. The van der Waals surface area contributed by atoms with Crippen LogP contribution in [0.4, 0.5) is 11.5 Å². The number of rotatable bonds is 6. The summed E-state index contributed by atoms with van der Waals surface area (Å²) >= 11 is 0. The van der Waals surface area contributed by atoms with Gasteiger partial charge < -0.3 is 29.8 Å². The quantitative estimate of drug-likeness (QED) is 0.198. The van der Waals surface area contributed by atoms with E-state index < -0.39 is 16.5 Å². The van der Waals surface area contributed by atoms with E-state index in [1.165, 1.54) is 6.07 Å². The van der Waals surface area contributed by atoms with Gasteiger partial charge in [-0.1, -0.05) is 19.1 Å². The molecule has 1 atom stereocenters. The van der Waals surface area contributed by atoms with Gasteiger partial charge in [-0.3, -0.25) is 4.79 Å². The molecule has 6 rings (SSSR count). The van der Waals surface area contributed by atoms with Crippen LogP contribution in [0.25, 0.3) is 22.3 Å². The first kappa shape index (κ1) is 23.7. The van der Waals surface area contributed by atoms with E-state index in [2.05, 4.69) is 10.3 Å². The predicted molar refractivity (Wildman–Crippen MR) is 138 cm³/mol. The molecule has 2 N–H and O–H groups in total. The Morgan fingerprint density at radius 2 is 2.00 bits per heavy atom. The number of nitrogens with zero attached hydrogens (tertiary/aromatic N) is 4. The van der Waals surface area contributed by atoms with E-state index in [0.29, 0.717) is 42.1 Å². The minimum Gasteiger partial charge on any atom is -0.458 e. The SMILES string of the molecule is CC[C@@]1(O)C(=O)OCc2c1cc1n(c2=O)Cc2cc3cccc(NCCc4cccc([N+](=O)[O-])n4)c3nc2-1. The summed E-state index contributed by atoms with van der Waals surface area (Å²) in [6.07, 6.45) is 0.548. The maximum absolute atomic E-state index is 13.4. The largest absolute Gasteiger partial charge is 0.458 e. The van der Waals surface area contributed by atoms with Gasteiger partial charge in [0.1, 0.15) is 6.61 Å². The Hall–Kier alpha value is -4.64. The molecule has 4 aromatic rings. The lowest BCUT2D eigenvalue weighted by atomic mass is 9.86. The van der Waals surface area contributed by atoms with Gasteiger partial charge in [0.05, 0.1) is 34.7 Å². The van der Waals surface area contributed by atoms with Crippen molar-refractivity contribution in [1.29, 1.82) is 0 Å². The van der Waals surface area contributed by atoms with E-state index in [1.807, 2.05) is 24.3 Å². The molecule has 192 valence electrons. The highest BCUT2D eigenvalue weighted by Gasteiger charge is 2.45. The number of aliphatic hydroxyl groups is 1. The standard InChI is InChI=1S/C27H23N5O6/c1-2-27(35)19-12-21-24-16(13-31(21)25(33)18(19)14-38-26(27)34)11-15-5-3-7-20(23(15)30-24)28-10-9-17-6-4-8-22(29-17)32(36)37/h3-8,11-12,28,35H,2,9-10,13-14H2,1H3/t27-/m0/s1. The lowest BCUT2D eigenvalue weighted by Crippen LogP contribution is -2.44. The lowest BCUT2D eigenvalue weighted by molar-refractivity contribution is -0.389. The van der Waals surface area contributed by atoms with Crippen LogP contribution in [-0.2, 0) is 34.7 Å². The number of ether oxygens (including phenoxy) is 1. The van der Waals surface area contributed by atoms with E-state index in [4.69, 9.17) is 9.72 Å². The highest BCUT2D eigenvalue weighted by Crippen LogP contribution is 2.39. The molecule has 0 aliphatic carbocycles. The number of pyridine rings is 3. The van der Waals surface area contributed by atoms with Gasteiger partial charge in [0.15, 0.2) is 11.3 Å². The number of nitro groups is 1. The van der Waals surface area contributed by atoms with Gasteiger partial charge in [0.25, 0.3) is 5.56 Å². The summed E-state index contributed by atoms with van der Waals surface area (Å²) < 4.78 is 6.73. The smallest absolute Gasteiger partial charge is 0.363 e. The van der Waals surface area contributed by atoms with Crippen LogP contribution in [0.2, 0.25) is 0 Å². The molecule has 0 radical (unpaired) electrons. The molecule has 11 heteroatoms. The summed E-state index contributed by atoms with van der Waals surface area (Å²) in [6.45, 7) is 2.30. The molecular formula is C27H23N5O6. The number of fused-ring (bicyclic) bond motifs is 5. The number of carbonyl (C=O) groups is 1. The third-order valence-electron chi connectivity index (χ3n) is 7.21. The summed E-state index contributed by atoms with van der Waals surface area (Å²) in [4.78, 5) is 45.2. The average molecular weight is 514 g/mol. The van der Waals surface area contributed by atoms with Crippen molar-refractivity contribution in [3.8, 4) is 11.4 Å². The van der Waals surface area contributed by atoms with Crippen LogP contribution in [0.15, 0.2) is 53.3 Å². The number of nitrogens with one attached hydrogen (secondary N) is 1. The first-order chi connectivity index (χ1) is 18.3. The zero-order valence-corrected chi connectivity index (χ0v) is 20.4. The zero-order valence-electron chi connectivity index (χ0n) is 20.4. The second-order valence-electron chi connectivity index (χ2n) is 9.40. The van der Waals surface area contributed by atoms with E-state index in [9.17, 15) is 24.8 Å². The molecule has 3 aromatic heterocycles. The number of hydrogen-bond donors (Lipinski definition) is 2. The Bertz CT molecular complexity index is 1710. The fourth-order valence-electron chi connectivity index (χ4n) is 5.18. The Kier molecular flexibility index (Phi) is 5.46. The highest BCUT2D eigenvalue weighted by atomic mass is 16.6. The molecule has 0 bridgehead atoms. The van der Waals surface area contributed by atoms with Gasteiger partial charge in [-0.25, -0.2) is 9.78 Å². The van der Waals surface area contributed by atoms with Crippen molar-refractivity contribution in [2.75, 3.05) is 11.9 Å². The maximum atomic E-state index is 13.4. The van der Waals surface area contributed by atoms with Gasteiger partial charge in [0, 0.05) is 35.5 Å². The Morgan fingerprint density at radius 1 is 1.18 bits per heavy atom. The lowest BCUT2D eigenvalue weighted by Gasteiger charge is -2.31. The Balaban J connectivity index is 1.37. The second-order valence-corrected chi connectivity index (χ2v) is 9.40. The fraction of sp³-hybridized carbons (Fsp3) is 0.259. The molecule has 0 saturated carbocycles. The number of cyclic esters (lactones) is 1. The topological polar surface area (TPSA) is 149 Å². The summed E-state index contributed by atoms with van der Waals surface area (Å²) in [5.74, 6) is -0.949. The monoisotopic (exact) mass is 513 g/mol. The molecule has 2 aliphatic rings. The second kappa shape index (κ2) is 8.73. The van der Waals surface area contributed by atoms with Gasteiger partial charge in [-0.2, -0.15) is 0 Å². The van der Waals surface area contributed by atoms with Gasteiger partial charge in [-0.15, -0.1) is 0 Å². The Labute approximate surface area is 215 Å². The molecule has 2 aliphatic heterocycles. The van der Waals surface area contributed by atoms with Crippen molar-refractivity contribution in [3.05, 3.63) is 91.4 Å². The van der Waals surface area contributed by atoms with E-state index in [1.54, 1.807) is 29.7 Å². The highest BCUT2D eigenvalue weighted by molar-refractivity contribution is 5.93. The predicted octanol–water partition coefficient (Wildman–Crippen LogP) is 3.04. The van der Waals surface area contributed by atoms with Gasteiger partial charge in [-0.05, 0) is 46.7 Å². The summed E-state index contributed by atoms with van der Waals surface area (Å²) in [5.41, 5.74) is 2.46. The molecular weight excluding hydrogens is 490 g/mol.